The van der Waals surface area contributed by atoms with E-state index in [-0.39, 0.29) is 11.3 Å². The van der Waals surface area contributed by atoms with Crippen molar-refractivity contribution in [2.24, 2.45) is 0 Å². The van der Waals surface area contributed by atoms with Crippen molar-refractivity contribution >= 4 is 23.1 Å². The van der Waals surface area contributed by atoms with E-state index >= 15 is 0 Å². The number of hydrogen-bond acceptors (Lipinski definition) is 6. The molecule has 0 unspecified atom stereocenters. The molecular weight excluding hydrogens is 268 g/mol. The summed E-state index contributed by atoms with van der Waals surface area (Å²) in [5.41, 5.74) is -0.150. The Hall–Kier alpha value is -2.22. The van der Waals surface area contributed by atoms with E-state index in [4.69, 9.17) is 5.11 Å². The highest BCUT2D eigenvalue weighted by Gasteiger charge is 2.08. The number of nitrogens with zero attached hydrogens (tertiary/aromatic N) is 2. The second kappa shape index (κ2) is 5.61. The van der Waals surface area contributed by atoms with Crippen molar-refractivity contribution in [1.29, 1.82) is 0 Å². The lowest BCUT2D eigenvalue weighted by Gasteiger charge is -2.04. The zero-order chi connectivity index (χ0) is 13.8. The summed E-state index contributed by atoms with van der Waals surface area (Å²) in [5.74, 6) is 0.0102. The largest absolute Gasteiger partial charge is 0.476 e. The third kappa shape index (κ3) is 3.62. The van der Waals surface area contributed by atoms with Gasteiger partial charge < -0.3 is 15.4 Å². The molecule has 0 amide bonds. The molecule has 3 N–H and O–H groups in total. The fraction of sp³-hybridized carbons (Fsp3) is 0.273. The topological polar surface area (TPSA) is 108 Å². The first-order valence-corrected chi connectivity index (χ1v) is 6.42. The van der Waals surface area contributed by atoms with Crippen LogP contribution in [0, 0.1) is 6.92 Å². The first-order valence-electron chi connectivity index (χ1n) is 5.54. The number of anilines is 1. The standard InChI is InChI=1S/C11H12N4O3S/c1-6-13-8(4-9(16)14-6)12-3-2-10-15-7(5-19-10)11(17)18/h4-5H,2-3H2,1H3,(H,17,18)(H2,12,13,14,16). The van der Waals surface area contributed by atoms with Crippen LogP contribution in [0.25, 0.3) is 0 Å². The molecule has 0 bridgehead atoms. The van der Waals surface area contributed by atoms with Gasteiger partial charge in [-0.25, -0.2) is 14.8 Å². The van der Waals surface area contributed by atoms with Crippen molar-refractivity contribution in [3.8, 4) is 0 Å². The van der Waals surface area contributed by atoms with Crippen LogP contribution in [0.1, 0.15) is 21.3 Å². The maximum absolute atomic E-state index is 11.2. The number of aromatic carboxylic acids is 1. The number of hydrogen-bond donors (Lipinski definition) is 3. The Labute approximate surface area is 112 Å². The van der Waals surface area contributed by atoms with Crippen LogP contribution in [0.5, 0.6) is 0 Å². The predicted molar refractivity (Wildman–Crippen MR) is 70.9 cm³/mol. The number of carboxylic acids is 1. The van der Waals surface area contributed by atoms with Crippen LogP contribution in [0.3, 0.4) is 0 Å². The van der Waals surface area contributed by atoms with Gasteiger partial charge in [-0.3, -0.25) is 4.79 Å². The summed E-state index contributed by atoms with van der Waals surface area (Å²) in [7, 11) is 0. The van der Waals surface area contributed by atoms with Crippen molar-refractivity contribution in [1.82, 2.24) is 15.0 Å². The number of aryl methyl sites for hydroxylation is 1. The highest BCUT2D eigenvalue weighted by molar-refractivity contribution is 7.09. The van der Waals surface area contributed by atoms with Gasteiger partial charge in [0.2, 0.25) is 0 Å². The van der Waals surface area contributed by atoms with Crippen molar-refractivity contribution in [3.05, 3.63) is 38.3 Å². The highest BCUT2D eigenvalue weighted by atomic mass is 32.1. The molecule has 2 aromatic rings. The molecule has 0 aliphatic rings. The fourth-order valence-electron chi connectivity index (χ4n) is 1.49. The number of carbonyl (C=O) groups is 1. The lowest BCUT2D eigenvalue weighted by atomic mass is 10.4. The Bertz CT molecular complexity index is 649. The van der Waals surface area contributed by atoms with Crippen LogP contribution in [0.4, 0.5) is 5.82 Å². The minimum absolute atomic E-state index is 0.0603. The molecule has 19 heavy (non-hydrogen) atoms. The number of rotatable bonds is 5. The molecule has 0 aromatic carbocycles. The second-order valence-electron chi connectivity index (χ2n) is 3.82. The maximum Gasteiger partial charge on any atom is 0.355 e. The van der Waals surface area contributed by atoms with Gasteiger partial charge in [-0.15, -0.1) is 11.3 Å². The zero-order valence-corrected chi connectivity index (χ0v) is 11.0. The molecule has 0 saturated carbocycles. The van der Waals surface area contributed by atoms with Gasteiger partial charge in [-0.1, -0.05) is 0 Å². The van der Waals surface area contributed by atoms with E-state index < -0.39 is 5.97 Å². The smallest absolute Gasteiger partial charge is 0.355 e. The molecule has 0 fully saturated rings. The van der Waals surface area contributed by atoms with Crippen molar-refractivity contribution in [2.75, 3.05) is 11.9 Å². The lowest BCUT2D eigenvalue weighted by molar-refractivity contribution is 0.0691. The molecule has 8 heteroatoms. The lowest BCUT2D eigenvalue weighted by Crippen LogP contribution is -2.13. The number of thiazole rings is 1. The molecular formula is C11H12N4O3S. The van der Waals surface area contributed by atoms with E-state index in [2.05, 4.69) is 20.3 Å². The van der Waals surface area contributed by atoms with Crippen molar-refractivity contribution in [3.63, 3.8) is 0 Å². The first kappa shape index (κ1) is 13.2. The van der Waals surface area contributed by atoms with Gasteiger partial charge in [0, 0.05) is 24.4 Å². The zero-order valence-electron chi connectivity index (χ0n) is 10.1. The van der Waals surface area contributed by atoms with Gasteiger partial charge in [0.15, 0.2) is 5.69 Å². The second-order valence-corrected chi connectivity index (χ2v) is 4.77. The maximum atomic E-state index is 11.2. The van der Waals surface area contributed by atoms with Gasteiger partial charge in [-0.2, -0.15) is 0 Å². The van der Waals surface area contributed by atoms with E-state index in [0.29, 0.717) is 24.6 Å². The van der Waals surface area contributed by atoms with E-state index in [1.807, 2.05) is 0 Å². The van der Waals surface area contributed by atoms with Crippen LogP contribution in [-0.2, 0) is 6.42 Å². The van der Waals surface area contributed by atoms with Gasteiger partial charge in [-0.05, 0) is 6.92 Å². The average Bonchev–Trinajstić information content (AvgIpc) is 2.76. The van der Waals surface area contributed by atoms with Gasteiger partial charge in [0.05, 0.1) is 5.01 Å². The van der Waals surface area contributed by atoms with E-state index in [9.17, 15) is 9.59 Å². The molecule has 0 atom stereocenters. The molecule has 7 nitrogen and oxygen atoms in total. The molecule has 0 aliphatic heterocycles. The molecule has 2 aromatic heterocycles. The summed E-state index contributed by atoms with van der Waals surface area (Å²) < 4.78 is 0. The Morgan fingerprint density at radius 1 is 1.53 bits per heavy atom. The van der Waals surface area contributed by atoms with Crippen LogP contribution in [0.15, 0.2) is 16.2 Å². The van der Waals surface area contributed by atoms with E-state index in [0.717, 1.165) is 5.01 Å². The molecule has 2 rings (SSSR count). The van der Waals surface area contributed by atoms with E-state index in [1.54, 1.807) is 6.92 Å². The van der Waals surface area contributed by atoms with Gasteiger partial charge in [0.1, 0.15) is 11.6 Å². The summed E-state index contributed by atoms with van der Waals surface area (Å²) in [5, 5.41) is 14.0. The highest BCUT2D eigenvalue weighted by Crippen LogP contribution is 2.10. The number of H-pyrrole nitrogens is 1. The minimum Gasteiger partial charge on any atom is -0.476 e. The Balaban J connectivity index is 1.92. The molecule has 2 heterocycles. The summed E-state index contributed by atoms with van der Waals surface area (Å²) in [6, 6.07) is 1.37. The third-order valence-corrected chi connectivity index (χ3v) is 3.18. The third-order valence-electron chi connectivity index (χ3n) is 2.28. The number of carboxylic acid groups (broad SMARTS) is 1. The average molecular weight is 280 g/mol. The summed E-state index contributed by atoms with van der Waals surface area (Å²) >= 11 is 1.30. The Morgan fingerprint density at radius 2 is 2.32 bits per heavy atom. The predicted octanol–water partition coefficient (Wildman–Crippen LogP) is 0.888. The van der Waals surface area contributed by atoms with Crippen molar-refractivity contribution < 1.29 is 9.90 Å². The number of nitrogens with one attached hydrogen (secondary N) is 2. The summed E-state index contributed by atoms with van der Waals surface area (Å²) in [6.45, 7) is 2.23. The number of aromatic amines is 1. The summed E-state index contributed by atoms with van der Waals surface area (Å²) in [6.07, 6.45) is 0.575. The number of aromatic nitrogens is 3. The molecule has 0 saturated heterocycles. The summed E-state index contributed by atoms with van der Waals surface area (Å²) in [4.78, 5) is 32.5. The van der Waals surface area contributed by atoms with Crippen LogP contribution in [-0.4, -0.2) is 32.6 Å². The fourth-order valence-corrected chi connectivity index (χ4v) is 2.26. The van der Waals surface area contributed by atoms with Crippen molar-refractivity contribution in [2.45, 2.75) is 13.3 Å². The Morgan fingerprint density at radius 3 is 2.95 bits per heavy atom. The quantitative estimate of drug-likeness (QED) is 0.750. The van der Waals surface area contributed by atoms with Crippen LogP contribution < -0.4 is 10.9 Å². The molecule has 0 spiro atoms. The molecule has 100 valence electrons. The Kier molecular flexibility index (Phi) is 3.91. The van der Waals surface area contributed by atoms with Gasteiger partial charge in [0.25, 0.3) is 5.56 Å². The normalized spacial score (nSPS) is 10.4. The van der Waals surface area contributed by atoms with E-state index in [1.165, 1.54) is 22.8 Å². The molecule has 0 radical (unpaired) electrons. The first-order chi connectivity index (χ1) is 9.04. The monoisotopic (exact) mass is 280 g/mol. The van der Waals surface area contributed by atoms with Crippen LogP contribution in [0.2, 0.25) is 0 Å². The molecule has 0 aliphatic carbocycles. The SMILES string of the molecule is Cc1nc(NCCc2nc(C(=O)O)cs2)cc(=O)[nH]1. The van der Waals surface area contributed by atoms with Crippen LogP contribution >= 0.6 is 11.3 Å². The van der Waals surface area contributed by atoms with Gasteiger partial charge >= 0.3 is 5.97 Å². The minimum atomic E-state index is -1.03.